The molecule has 3 rings (SSSR count). The SMILES string of the molecule is CCCCc1ncnc(C(=O)Nc2cc(C(=O)Nc3ccccn3)ccc2C)c1Cl. The fraction of sp³-hybridized carbons (Fsp3) is 0.227. The van der Waals surface area contributed by atoms with Crippen molar-refractivity contribution >= 4 is 34.9 Å². The standard InChI is InChI=1S/C22H22ClN5O2/c1-3-4-7-16-19(23)20(26-13-25-16)22(30)27-17-12-15(10-9-14(17)2)21(29)28-18-8-5-6-11-24-18/h5-6,8-13H,3-4,7H2,1-2H3,(H,27,30)(H,24,28,29). The molecule has 0 aliphatic carbocycles. The van der Waals surface area contributed by atoms with Crippen LogP contribution < -0.4 is 10.6 Å². The summed E-state index contributed by atoms with van der Waals surface area (Å²) in [5.41, 5.74) is 2.45. The van der Waals surface area contributed by atoms with E-state index in [1.54, 1.807) is 42.6 Å². The first-order chi connectivity index (χ1) is 14.5. The van der Waals surface area contributed by atoms with Crippen LogP contribution in [0.2, 0.25) is 5.02 Å². The fourth-order valence-electron chi connectivity index (χ4n) is 2.79. The van der Waals surface area contributed by atoms with Crippen molar-refractivity contribution in [3.8, 4) is 0 Å². The predicted molar refractivity (Wildman–Crippen MR) is 117 cm³/mol. The highest BCUT2D eigenvalue weighted by Crippen LogP contribution is 2.22. The molecule has 154 valence electrons. The van der Waals surface area contributed by atoms with Crippen LogP contribution in [0.5, 0.6) is 0 Å². The number of aromatic nitrogens is 3. The van der Waals surface area contributed by atoms with Crippen LogP contribution in [0.4, 0.5) is 11.5 Å². The third-order valence-corrected chi connectivity index (χ3v) is 4.90. The van der Waals surface area contributed by atoms with Crippen LogP contribution in [0.15, 0.2) is 48.9 Å². The molecular weight excluding hydrogens is 402 g/mol. The Morgan fingerprint density at radius 2 is 1.87 bits per heavy atom. The van der Waals surface area contributed by atoms with E-state index in [4.69, 9.17) is 11.6 Å². The maximum Gasteiger partial charge on any atom is 0.275 e. The Labute approximate surface area is 179 Å². The molecule has 0 fully saturated rings. The van der Waals surface area contributed by atoms with Gasteiger partial charge in [0.25, 0.3) is 11.8 Å². The van der Waals surface area contributed by atoms with Crippen LogP contribution in [-0.4, -0.2) is 26.8 Å². The van der Waals surface area contributed by atoms with E-state index in [0.717, 1.165) is 18.4 Å². The fourth-order valence-corrected chi connectivity index (χ4v) is 3.07. The van der Waals surface area contributed by atoms with Gasteiger partial charge in [-0.15, -0.1) is 0 Å². The molecule has 7 nitrogen and oxygen atoms in total. The van der Waals surface area contributed by atoms with Gasteiger partial charge in [0.15, 0.2) is 5.69 Å². The highest BCUT2D eigenvalue weighted by molar-refractivity contribution is 6.34. The van der Waals surface area contributed by atoms with Crippen LogP contribution in [0.3, 0.4) is 0 Å². The van der Waals surface area contributed by atoms with E-state index in [-0.39, 0.29) is 16.6 Å². The van der Waals surface area contributed by atoms with Crippen molar-refractivity contribution in [2.75, 3.05) is 10.6 Å². The zero-order valence-corrected chi connectivity index (χ0v) is 17.5. The molecule has 0 spiro atoms. The maximum absolute atomic E-state index is 12.8. The van der Waals surface area contributed by atoms with Crippen LogP contribution in [0.25, 0.3) is 0 Å². The normalized spacial score (nSPS) is 10.5. The molecule has 0 aliphatic rings. The van der Waals surface area contributed by atoms with E-state index in [1.807, 2.05) is 6.92 Å². The molecule has 2 N–H and O–H groups in total. The first-order valence-corrected chi connectivity index (χ1v) is 10.0. The number of pyridine rings is 1. The Morgan fingerprint density at radius 3 is 2.60 bits per heavy atom. The van der Waals surface area contributed by atoms with Gasteiger partial charge in [0.1, 0.15) is 12.1 Å². The van der Waals surface area contributed by atoms with E-state index in [9.17, 15) is 9.59 Å². The quantitative estimate of drug-likeness (QED) is 0.575. The maximum atomic E-state index is 12.8. The molecule has 0 unspecified atom stereocenters. The zero-order chi connectivity index (χ0) is 21.5. The second kappa shape index (κ2) is 9.93. The van der Waals surface area contributed by atoms with E-state index >= 15 is 0 Å². The van der Waals surface area contributed by atoms with Gasteiger partial charge in [0, 0.05) is 17.4 Å². The number of carbonyl (C=O) groups is 2. The van der Waals surface area contributed by atoms with E-state index in [2.05, 4.69) is 32.5 Å². The first kappa shape index (κ1) is 21.4. The Balaban J connectivity index is 1.79. The highest BCUT2D eigenvalue weighted by atomic mass is 35.5. The van der Waals surface area contributed by atoms with Gasteiger partial charge >= 0.3 is 0 Å². The lowest BCUT2D eigenvalue weighted by Gasteiger charge is -2.12. The van der Waals surface area contributed by atoms with Crippen LogP contribution >= 0.6 is 11.6 Å². The Morgan fingerprint density at radius 1 is 1.03 bits per heavy atom. The Bertz CT molecular complexity index is 1060. The second-order valence-electron chi connectivity index (χ2n) is 6.74. The molecule has 0 atom stereocenters. The molecule has 3 aromatic rings. The summed E-state index contributed by atoms with van der Waals surface area (Å²) in [6, 6.07) is 10.3. The lowest BCUT2D eigenvalue weighted by Crippen LogP contribution is -2.18. The van der Waals surface area contributed by atoms with Gasteiger partial charge in [0.2, 0.25) is 0 Å². The number of amides is 2. The number of benzene rings is 1. The van der Waals surface area contributed by atoms with Crippen LogP contribution in [-0.2, 0) is 6.42 Å². The number of hydrogen-bond acceptors (Lipinski definition) is 5. The monoisotopic (exact) mass is 423 g/mol. The van der Waals surface area contributed by atoms with E-state index < -0.39 is 5.91 Å². The Hall–Kier alpha value is -3.32. The molecule has 0 radical (unpaired) electrons. The largest absolute Gasteiger partial charge is 0.320 e. The van der Waals surface area contributed by atoms with Gasteiger partial charge in [0.05, 0.1) is 10.7 Å². The van der Waals surface area contributed by atoms with Crippen molar-refractivity contribution in [1.82, 2.24) is 15.0 Å². The van der Waals surface area contributed by atoms with Gasteiger partial charge < -0.3 is 10.6 Å². The summed E-state index contributed by atoms with van der Waals surface area (Å²) in [6.07, 6.45) is 5.53. The molecule has 0 aliphatic heterocycles. The second-order valence-corrected chi connectivity index (χ2v) is 7.12. The molecular formula is C22H22ClN5O2. The lowest BCUT2D eigenvalue weighted by atomic mass is 10.1. The third-order valence-electron chi connectivity index (χ3n) is 4.50. The number of unbranched alkanes of at least 4 members (excludes halogenated alkanes) is 1. The summed E-state index contributed by atoms with van der Waals surface area (Å²) in [4.78, 5) is 37.6. The number of anilines is 2. The average Bonchev–Trinajstić information content (AvgIpc) is 2.75. The van der Waals surface area contributed by atoms with Gasteiger partial charge in [-0.25, -0.2) is 15.0 Å². The molecule has 2 amide bonds. The van der Waals surface area contributed by atoms with Gasteiger partial charge in [-0.3, -0.25) is 9.59 Å². The van der Waals surface area contributed by atoms with Gasteiger partial charge in [-0.2, -0.15) is 0 Å². The molecule has 0 saturated heterocycles. The predicted octanol–water partition coefficient (Wildman–Crippen LogP) is 4.68. The summed E-state index contributed by atoms with van der Waals surface area (Å²) in [7, 11) is 0. The van der Waals surface area contributed by atoms with Crippen molar-refractivity contribution in [3.63, 3.8) is 0 Å². The molecule has 1 aromatic carbocycles. The molecule has 2 heterocycles. The molecule has 30 heavy (non-hydrogen) atoms. The first-order valence-electron chi connectivity index (χ1n) is 9.63. The number of hydrogen-bond donors (Lipinski definition) is 2. The number of aryl methyl sites for hydroxylation is 2. The van der Waals surface area contributed by atoms with Crippen molar-refractivity contribution < 1.29 is 9.59 Å². The van der Waals surface area contributed by atoms with Gasteiger partial charge in [-0.1, -0.05) is 37.1 Å². The van der Waals surface area contributed by atoms with Crippen molar-refractivity contribution in [3.05, 3.63) is 76.5 Å². The summed E-state index contributed by atoms with van der Waals surface area (Å²) < 4.78 is 0. The minimum Gasteiger partial charge on any atom is -0.320 e. The summed E-state index contributed by atoms with van der Waals surface area (Å²) in [5, 5.41) is 5.78. The summed E-state index contributed by atoms with van der Waals surface area (Å²) >= 11 is 6.36. The van der Waals surface area contributed by atoms with Crippen molar-refractivity contribution in [2.45, 2.75) is 33.1 Å². The molecule has 8 heteroatoms. The van der Waals surface area contributed by atoms with Crippen LogP contribution in [0.1, 0.15) is 51.9 Å². The van der Waals surface area contributed by atoms with Crippen molar-refractivity contribution in [1.29, 1.82) is 0 Å². The van der Waals surface area contributed by atoms with Crippen LogP contribution in [0, 0.1) is 6.92 Å². The lowest BCUT2D eigenvalue weighted by molar-refractivity contribution is 0.101. The average molecular weight is 424 g/mol. The number of halogens is 1. The highest BCUT2D eigenvalue weighted by Gasteiger charge is 2.18. The Kier molecular flexibility index (Phi) is 7.08. The van der Waals surface area contributed by atoms with Gasteiger partial charge in [-0.05, 0) is 49.6 Å². The topological polar surface area (TPSA) is 96.9 Å². The number of nitrogens with one attached hydrogen (secondary N) is 2. The number of rotatable bonds is 7. The van der Waals surface area contributed by atoms with Crippen molar-refractivity contribution in [2.24, 2.45) is 0 Å². The summed E-state index contributed by atoms with van der Waals surface area (Å²) in [5.74, 6) is -0.335. The third kappa shape index (κ3) is 5.18. The zero-order valence-electron chi connectivity index (χ0n) is 16.8. The van der Waals surface area contributed by atoms with E-state index in [1.165, 1.54) is 6.33 Å². The minimum absolute atomic E-state index is 0.112. The minimum atomic E-state index is -0.453. The van der Waals surface area contributed by atoms with E-state index in [0.29, 0.717) is 29.2 Å². The number of nitrogens with zero attached hydrogens (tertiary/aromatic N) is 3. The molecule has 0 bridgehead atoms. The smallest absolute Gasteiger partial charge is 0.275 e. The molecule has 0 saturated carbocycles. The molecule has 2 aromatic heterocycles. The summed E-state index contributed by atoms with van der Waals surface area (Å²) in [6.45, 7) is 3.91. The number of carbonyl (C=O) groups excluding carboxylic acids is 2.